The molecule has 0 bridgehead atoms. The Labute approximate surface area is 112 Å². The van der Waals surface area contributed by atoms with E-state index in [2.05, 4.69) is 5.10 Å². The normalized spacial score (nSPS) is 19.6. The van der Waals surface area contributed by atoms with Gasteiger partial charge in [-0.05, 0) is 28.5 Å². The van der Waals surface area contributed by atoms with E-state index in [0.29, 0.717) is 0 Å². The first-order valence-corrected chi connectivity index (χ1v) is 8.73. The van der Waals surface area contributed by atoms with Gasteiger partial charge in [-0.1, -0.05) is 0 Å². The predicted octanol–water partition coefficient (Wildman–Crippen LogP) is 3.46. The molecule has 0 aliphatic heterocycles. The van der Waals surface area contributed by atoms with Gasteiger partial charge in [0.2, 0.25) is 5.78 Å². The molecular formula is C8H5F5IN2OP. The summed E-state index contributed by atoms with van der Waals surface area (Å²) in [5.41, 5.74) is -2.53. The number of rotatable bonds is 1. The molecule has 0 amide bonds. The first-order chi connectivity index (χ1) is 8.18. The Bertz CT molecular complexity index is 512. The van der Waals surface area contributed by atoms with Crippen molar-refractivity contribution in [3.63, 3.8) is 0 Å². The molecule has 1 aliphatic rings. The van der Waals surface area contributed by atoms with Crippen LogP contribution in [0.3, 0.4) is 0 Å². The first kappa shape index (κ1) is 14.1. The van der Waals surface area contributed by atoms with Crippen LogP contribution >= 0.6 is 28.4 Å². The van der Waals surface area contributed by atoms with Crippen LogP contribution < -0.4 is 0 Å². The average molecular weight is 398 g/mol. The molecule has 100 valence electrons. The Morgan fingerprint density at radius 3 is 2.50 bits per heavy atom. The Balaban J connectivity index is 2.67. The number of aromatic nitrogens is 2. The maximum Gasteiger partial charge on any atom is 0.435 e. The molecule has 1 aromatic heterocycles. The monoisotopic (exact) mass is 398 g/mol. The summed E-state index contributed by atoms with van der Waals surface area (Å²) < 4.78 is 65.4. The van der Waals surface area contributed by atoms with Gasteiger partial charge in [0.15, 0.2) is 5.69 Å². The number of ketones is 1. The number of hydrogen-bond donors (Lipinski definition) is 0. The molecule has 1 aliphatic carbocycles. The fraction of sp³-hybridized carbons (Fsp3) is 0.500. The van der Waals surface area contributed by atoms with Crippen LogP contribution in [-0.4, -0.2) is 21.3 Å². The van der Waals surface area contributed by atoms with Gasteiger partial charge in [-0.15, -0.1) is 0 Å². The van der Waals surface area contributed by atoms with Crippen molar-refractivity contribution in [1.82, 2.24) is 9.55 Å². The van der Waals surface area contributed by atoms with Crippen molar-refractivity contribution in [3.05, 3.63) is 17.0 Å². The highest BCUT2D eigenvalue weighted by molar-refractivity contribution is 14.2. The molecule has 0 fully saturated rings. The van der Waals surface area contributed by atoms with Crippen molar-refractivity contribution in [1.29, 1.82) is 0 Å². The highest BCUT2D eigenvalue weighted by Gasteiger charge is 2.51. The van der Waals surface area contributed by atoms with E-state index in [4.69, 9.17) is 0 Å². The topological polar surface area (TPSA) is 34.9 Å². The molecule has 0 aromatic carbocycles. The number of alkyl halides is 5. The van der Waals surface area contributed by atoms with Crippen LogP contribution in [0.1, 0.15) is 28.2 Å². The zero-order valence-corrected chi connectivity index (χ0v) is 11.6. The highest BCUT2D eigenvalue weighted by atomic mass is 127. The van der Waals surface area contributed by atoms with E-state index in [9.17, 15) is 26.7 Å². The average Bonchev–Trinajstić information content (AvgIpc) is 2.62. The molecule has 1 atom stereocenters. The molecule has 0 saturated heterocycles. The van der Waals surface area contributed by atoms with Crippen molar-refractivity contribution in [2.24, 2.45) is 0 Å². The van der Waals surface area contributed by atoms with Crippen LogP contribution in [0.15, 0.2) is 0 Å². The summed E-state index contributed by atoms with van der Waals surface area (Å²) in [4.78, 5) is 11.4. The zero-order valence-electron chi connectivity index (χ0n) is 8.48. The predicted molar refractivity (Wildman–Crippen MR) is 62.6 cm³/mol. The lowest BCUT2D eigenvalue weighted by Gasteiger charge is -2.21. The van der Waals surface area contributed by atoms with E-state index >= 15 is 0 Å². The van der Waals surface area contributed by atoms with E-state index in [-0.39, 0.29) is 18.5 Å². The highest BCUT2D eigenvalue weighted by Crippen LogP contribution is 2.42. The summed E-state index contributed by atoms with van der Waals surface area (Å²) in [5.74, 6) is -5.52. The zero-order chi connectivity index (χ0) is 13.7. The number of fused-ring (bicyclic) bond motifs is 1. The summed E-state index contributed by atoms with van der Waals surface area (Å²) in [7, 11) is 0. The molecule has 0 spiro atoms. The van der Waals surface area contributed by atoms with Gasteiger partial charge in [-0.25, -0.2) is 4.45 Å². The van der Waals surface area contributed by atoms with E-state index in [1.165, 1.54) is 0 Å². The molecule has 1 heterocycles. The number of carbonyl (C=O) groups excluding carboxylic acids is 1. The summed E-state index contributed by atoms with van der Waals surface area (Å²) in [6.07, 6.45) is -6.15. The molecule has 2 rings (SSSR count). The summed E-state index contributed by atoms with van der Waals surface area (Å²) in [6, 6.07) is 0. The number of halogens is 6. The fourth-order valence-corrected chi connectivity index (χ4v) is 3.42. The summed E-state index contributed by atoms with van der Waals surface area (Å²) in [6.45, 7) is 0. The molecule has 0 saturated carbocycles. The summed E-state index contributed by atoms with van der Waals surface area (Å²) in [5, 5.41) is 3.24. The van der Waals surface area contributed by atoms with Gasteiger partial charge >= 0.3 is 12.1 Å². The second-order valence-corrected chi connectivity index (χ2v) is 5.74. The van der Waals surface area contributed by atoms with Gasteiger partial charge in [0.25, 0.3) is 0 Å². The fourth-order valence-electron chi connectivity index (χ4n) is 1.76. The second kappa shape index (κ2) is 4.36. The molecule has 1 aromatic rings. The minimum Gasteiger partial charge on any atom is -0.287 e. The van der Waals surface area contributed by atoms with Crippen molar-refractivity contribution in [3.8, 4) is 0 Å². The van der Waals surface area contributed by atoms with Crippen LogP contribution in [0, 0.1) is 0 Å². The number of carbonyl (C=O) groups is 1. The van der Waals surface area contributed by atoms with Crippen molar-refractivity contribution >= 4 is 34.2 Å². The Kier molecular flexibility index (Phi) is 3.42. The number of hydrogen-bond acceptors (Lipinski definition) is 2. The summed E-state index contributed by atoms with van der Waals surface area (Å²) >= 11 is 1.78. The van der Waals surface area contributed by atoms with Crippen LogP contribution in [0.2, 0.25) is 0 Å². The van der Waals surface area contributed by atoms with Crippen LogP contribution in [0.5, 0.6) is 0 Å². The lowest BCUT2D eigenvalue weighted by atomic mass is 9.91. The molecule has 18 heavy (non-hydrogen) atoms. The largest absolute Gasteiger partial charge is 0.435 e. The van der Waals surface area contributed by atoms with Crippen molar-refractivity contribution in [2.45, 2.75) is 24.9 Å². The third-order valence-corrected chi connectivity index (χ3v) is 4.47. The standard InChI is InChI=1S/C8H5F5IN2OP/c9-7(10)2-1-3-4(6(7)17)5(8(11,12)13)15-16(3)18-14/h18H,1-2H2. The molecule has 3 nitrogen and oxygen atoms in total. The Morgan fingerprint density at radius 1 is 1.39 bits per heavy atom. The van der Waals surface area contributed by atoms with E-state index in [0.717, 1.165) is 4.45 Å². The number of nitrogens with zero attached hydrogens (tertiary/aromatic N) is 2. The Hall–Kier alpha value is -0.310. The van der Waals surface area contributed by atoms with Crippen LogP contribution in [-0.2, 0) is 12.6 Å². The van der Waals surface area contributed by atoms with Crippen LogP contribution in [0.4, 0.5) is 22.0 Å². The minimum absolute atomic E-state index is 0.0500. The molecule has 10 heteroatoms. The molecular weight excluding hydrogens is 393 g/mol. The molecule has 0 N–H and O–H groups in total. The lowest BCUT2D eigenvalue weighted by molar-refractivity contribution is -0.141. The van der Waals surface area contributed by atoms with E-state index in [1.807, 2.05) is 0 Å². The van der Waals surface area contributed by atoms with Gasteiger partial charge in [-0.3, -0.25) is 4.79 Å². The maximum atomic E-state index is 13.2. The lowest BCUT2D eigenvalue weighted by Crippen LogP contribution is -2.35. The third kappa shape index (κ3) is 2.15. The van der Waals surface area contributed by atoms with Gasteiger partial charge < -0.3 is 0 Å². The minimum atomic E-state index is -4.91. The first-order valence-electron chi connectivity index (χ1n) is 4.67. The van der Waals surface area contributed by atoms with Gasteiger partial charge in [0.05, 0.1) is 17.6 Å². The maximum absolute atomic E-state index is 13.2. The second-order valence-electron chi connectivity index (χ2n) is 3.70. The quantitative estimate of drug-likeness (QED) is 0.413. The van der Waals surface area contributed by atoms with Gasteiger partial charge in [0, 0.05) is 6.42 Å². The smallest absolute Gasteiger partial charge is 0.287 e. The van der Waals surface area contributed by atoms with Crippen molar-refractivity contribution < 1.29 is 26.7 Å². The van der Waals surface area contributed by atoms with E-state index < -0.39 is 35.6 Å². The number of Topliss-reactive ketones (excluding diaryl/α,β-unsaturated/α-hetero) is 1. The van der Waals surface area contributed by atoms with Gasteiger partial charge in [-0.2, -0.15) is 27.1 Å². The van der Waals surface area contributed by atoms with Crippen LogP contribution in [0.25, 0.3) is 0 Å². The molecule has 1 unspecified atom stereocenters. The van der Waals surface area contributed by atoms with Gasteiger partial charge in [0.1, 0.15) is 0 Å². The Morgan fingerprint density at radius 2 is 2.00 bits per heavy atom. The SMILES string of the molecule is O=C1c2c(C(F)(F)F)nn(PI)c2CCC1(F)F. The third-order valence-electron chi connectivity index (χ3n) is 2.56. The van der Waals surface area contributed by atoms with Crippen molar-refractivity contribution in [2.75, 3.05) is 0 Å². The van der Waals surface area contributed by atoms with E-state index in [1.54, 1.807) is 22.0 Å². The molecule has 0 radical (unpaired) electrons.